The van der Waals surface area contributed by atoms with Gasteiger partial charge in [-0.15, -0.1) is 11.3 Å². The molecule has 1 saturated heterocycles. The van der Waals surface area contributed by atoms with Crippen LogP contribution in [0.25, 0.3) is 10.2 Å². The Morgan fingerprint density at radius 2 is 1.97 bits per heavy atom. The summed E-state index contributed by atoms with van der Waals surface area (Å²) in [6.07, 6.45) is 10.5. The zero-order chi connectivity index (χ0) is 20.3. The minimum Gasteiger partial charge on any atom is -0.497 e. The maximum atomic E-state index is 5.49. The van der Waals surface area contributed by atoms with Gasteiger partial charge in [0.1, 0.15) is 22.7 Å². The number of hydrogen-bond acceptors (Lipinski definition) is 6. The lowest BCUT2D eigenvalue weighted by Gasteiger charge is -2.28. The second kappa shape index (κ2) is 8.90. The monoisotopic (exact) mass is 422 g/mol. The molecule has 0 unspecified atom stereocenters. The molecule has 1 aliphatic carbocycles. The number of nitrogens with one attached hydrogen (secondary N) is 1. The van der Waals surface area contributed by atoms with E-state index in [0.29, 0.717) is 6.04 Å². The first-order valence-electron chi connectivity index (χ1n) is 11.2. The molecule has 3 aromatic rings. The number of likely N-dealkylation sites (tertiary alicyclic amines) is 1. The van der Waals surface area contributed by atoms with Crippen molar-refractivity contribution in [2.75, 3.05) is 32.1 Å². The van der Waals surface area contributed by atoms with Crippen molar-refractivity contribution in [3.05, 3.63) is 46.6 Å². The fraction of sp³-hybridized carbons (Fsp3) is 0.500. The summed E-state index contributed by atoms with van der Waals surface area (Å²) in [6.45, 7) is 3.14. The van der Waals surface area contributed by atoms with Crippen LogP contribution >= 0.6 is 11.3 Å². The second-order valence-electron chi connectivity index (χ2n) is 8.38. The first-order chi connectivity index (χ1) is 14.8. The highest BCUT2D eigenvalue weighted by Gasteiger charge is 2.25. The van der Waals surface area contributed by atoms with Gasteiger partial charge in [0.25, 0.3) is 0 Å². The van der Waals surface area contributed by atoms with Gasteiger partial charge >= 0.3 is 0 Å². The van der Waals surface area contributed by atoms with Crippen molar-refractivity contribution in [1.82, 2.24) is 14.9 Å². The van der Waals surface area contributed by atoms with E-state index in [1.54, 1.807) is 13.4 Å². The Hall–Kier alpha value is -2.18. The van der Waals surface area contributed by atoms with Crippen molar-refractivity contribution < 1.29 is 4.74 Å². The molecule has 0 saturated carbocycles. The van der Waals surface area contributed by atoms with E-state index in [-0.39, 0.29) is 0 Å². The van der Waals surface area contributed by atoms with E-state index >= 15 is 0 Å². The molecule has 1 aromatic carbocycles. The SMILES string of the molecule is COc1cccc([C@@H](CNc2ncnc3sc4c(c23)CCCCC4)N2CCCC2)c1. The number of nitrogens with zero attached hydrogens (tertiary/aromatic N) is 3. The molecule has 0 amide bonds. The van der Waals surface area contributed by atoms with E-state index < -0.39 is 0 Å². The summed E-state index contributed by atoms with van der Waals surface area (Å²) in [5.41, 5.74) is 2.80. The van der Waals surface area contributed by atoms with E-state index in [4.69, 9.17) is 4.74 Å². The van der Waals surface area contributed by atoms with Crippen LogP contribution in [0.1, 0.15) is 54.1 Å². The highest BCUT2D eigenvalue weighted by atomic mass is 32.1. The van der Waals surface area contributed by atoms with Gasteiger partial charge < -0.3 is 10.1 Å². The number of aromatic nitrogens is 2. The average Bonchev–Trinajstić information content (AvgIpc) is 3.37. The molecule has 3 heterocycles. The Bertz CT molecular complexity index is 1010. The Morgan fingerprint density at radius 1 is 1.10 bits per heavy atom. The van der Waals surface area contributed by atoms with Crippen LogP contribution in [0.5, 0.6) is 5.75 Å². The molecule has 30 heavy (non-hydrogen) atoms. The Balaban J connectivity index is 1.45. The van der Waals surface area contributed by atoms with Crippen LogP contribution in [0, 0.1) is 0 Å². The third-order valence-electron chi connectivity index (χ3n) is 6.52. The smallest absolute Gasteiger partial charge is 0.138 e. The van der Waals surface area contributed by atoms with Crippen molar-refractivity contribution in [1.29, 1.82) is 0 Å². The Labute approximate surface area is 182 Å². The number of thiophene rings is 1. The molecule has 2 aromatic heterocycles. The van der Waals surface area contributed by atoms with Gasteiger partial charge in [-0.25, -0.2) is 9.97 Å². The molecule has 6 heteroatoms. The fourth-order valence-electron chi connectivity index (χ4n) is 4.95. The molecule has 1 fully saturated rings. The largest absolute Gasteiger partial charge is 0.497 e. The van der Waals surface area contributed by atoms with E-state index in [1.807, 2.05) is 17.4 Å². The van der Waals surface area contributed by atoms with Crippen molar-refractivity contribution in [2.24, 2.45) is 0 Å². The molecule has 2 aliphatic rings. The molecule has 1 N–H and O–H groups in total. The predicted octanol–water partition coefficient (Wildman–Crippen LogP) is 5.22. The summed E-state index contributed by atoms with van der Waals surface area (Å²) in [5, 5.41) is 5.00. The zero-order valence-electron chi connectivity index (χ0n) is 17.7. The van der Waals surface area contributed by atoms with Crippen LogP contribution in [0.3, 0.4) is 0 Å². The van der Waals surface area contributed by atoms with Crippen molar-refractivity contribution >= 4 is 27.4 Å². The number of methoxy groups -OCH3 is 1. The minimum absolute atomic E-state index is 0.310. The van der Waals surface area contributed by atoms with Crippen LogP contribution in [0.2, 0.25) is 0 Å². The highest BCUT2D eigenvalue weighted by molar-refractivity contribution is 7.18. The molecule has 0 bridgehead atoms. The second-order valence-corrected chi connectivity index (χ2v) is 9.47. The third kappa shape index (κ3) is 3.91. The maximum absolute atomic E-state index is 5.49. The first kappa shape index (κ1) is 19.8. The standard InChI is InChI=1S/C24H30N4OS/c1-29-18-9-7-8-17(14-18)20(28-12-5-6-13-28)15-25-23-22-19-10-3-2-4-11-21(19)30-24(22)27-16-26-23/h7-9,14,16,20H,2-6,10-13,15H2,1H3,(H,25,26,27)/t20-/m1/s1. The van der Waals surface area contributed by atoms with Crippen LogP contribution in [-0.2, 0) is 12.8 Å². The topological polar surface area (TPSA) is 50.3 Å². The van der Waals surface area contributed by atoms with E-state index in [0.717, 1.165) is 42.5 Å². The number of fused-ring (bicyclic) bond motifs is 3. The van der Waals surface area contributed by atoms with Gasteiger partial charge in [-0.3, -0.25) is 4.90 Å². The summed E-state index contributed by atoms with van der Waals surface area (Å²) in [4.78, 5) is 14.5. The zero-order valence-corrected chi connectivity index (χ0v) is 18.5. The quantitative estimate of drug-likeness (QED) is 0.552. The van der Waals surface area contributed by atoms with Gasteiger partial charge in [-0.1, -0.05) is 18.6 Å². The average molecular weight is 423 g/mol. The van der Waals surface area contributed by atoms with Gasteiger partial charge in [0.15, 0.2) is 0 Å². The van der Waals surface area contributed by atoms with E-state index in [2.05, 4.69) is 38.4 Å². The minimum atomic E-state index is 0.310. The number of hydrogen-bond donors (Lipinski definition) is 1. The van der Waals surface area contributed by atoms with Crippen LogP contribution in [0.15, 0.2) is 30.6 Å². The molecular weight excluding hydrogens is 392 g/mol. The summed E-state index contributed by atoms with van der Waals surface area (Å²) in [5.74, 6) is 1.93. The number of rotatable bonds is 6. The van der Waals surface area contributed by atoms with Crippen molar-refractivity contribution in [3.63, 3.8) is 0 Å². The normalized spacial score (nSPS) is 18.2. The summed E-state index contributed by atoms with van der Waals surface area (Å²) in [6, 6.07) is 8.83. The molecule has 0 radical (unpaired) electrons. The van der Waals surface area contributed by atoms with Gasteiger partial charge in [0.05, 0.1) is 18.5 Å². The summed E-state index contributed by atoms with van der Waals surface area (Å²) in [7, 11) is 1.74. The number of aryl methyl sites for hydroxylation is 2. The third-order valence-corrected chi connectivity index (χ3v) is 7.72. The predicted molar refractivity (Wildman–Crippen MR) is 124 cm³/mol. The molecule has 1 atom stereocenters. The molecular formula is C24H30N4OS. The summed E-state index contributed by atoms with van der Waals surface area (Å²) < 4.78 is 5.49. The van der Waals surface area contributed by atoms with Crippen molar-refractivity contribution in [2.45, 2.75) is 51.0 Å². The lowest BCUT2D eigenvalue weighted by atomic mass is 10.0. The fourth-order valence-corrected chi connectivity index (χ4v) is 6.18. The molecule has 5 rings (SSSR count). The number of anilines is 1. The first-order valence-corrected chi connectivity index (χ1v) is 12.0. The molecule has 1 aliphatic heterocycles. The van der Waals surface area contributed by atoms with E-state index in [9.17, 15) is 0 Å². The Morgan fingerprint density at radius 3 is 2.83 bits per heavy atom. The molecule has 158 valence electrons. The van der Waals surface area contributed by atoms with Gasteiger partial charge in [-0.05, 0) is 74.9 Å². The number of benzene rings is 1. The van der Waals surface area contributed by atoms with Crippen LogP contribution < -0.4 is 10.1 Å². The summed E-state index contributed by atoms with van der Waals surface area (Å²) >= 11 is 1.87. The lowest BCUT2D eigenvalue weighted by Crippen LogP contribution is -2.31. The van der Waals surface area contributed by atoms with Crippen molar-refractivity contribution in [3.8, 4) is 5.75 Å². The number of ether oxygens (including phenoxy) is 1. The lowest BCUT2D eigenvalue weighted by molar-refractivity contribution is 0.255. The van der Waals surface area contributed by atoms with Crippen LogP contribution in [0.4, 0.5) is 5.82 Å². The molecule has 5 nitrogen and oxygen atoms in total. The highest BCUT2D eigenvalue weighted by Crippen LogP contribution is 2.38. The van der Waals surface area contributed by atoms with Gasteiger partial charge in [0.2, 0.25) is 0 Å². The Kier molecular flexibility index (Phi) is 5.86. The van der Waals surface area contributed by atoms with Gasteiger partial charge in [-0.2, -0.15) is 0 Å². The maximum Gasteiger partial charge on any atom is 0.138 e. The van der Waals surface area contributed by atoms with Crippen LogP contribution in [-0.4, -0.2) is 41.6 Å². The van der Waals surface area contributed by atoms with E-state index in [1.165, 1.54) is 59.9 Å². The van der Waals surface area contributed by atoms with Gasteiger partial charge in [0, 0.05) is 11.4 Å². The molecule has 0 spiro atoms.